The molecular formula is C22H21N5O2. The number of hydrogen-bond acceptors (Lipinski definition) is 4. The van der Waals surface area contributed by atoms with E-state index in [2.05, 4.69) is 15.4 Å². The van der Waals surface area contributed by atoms with Crippen LogP contribution in [-0.4, -0.2) is 32.3 Å². The van der Waals surface area contributed by atoms with Gasteiger partial charge in [0.15, 0.2) is 11.4 Å². The third-order valence-corrected chi connectivity index (χ3v) is 4.66. The zero-order chi connectivity index (χ0) is 20.2. The van der Waals surface area contributed by atoms with Crippen LogP contribution in [0, 0.1) is 0 Å². The fourth-order valence-corrected chi connectivity index (χ4v) is 3.17. The van der Waals surface area contributed by atoms with Crippen molar-refractivity contribution in [1.82, 2.24) is 24.6 Å². The topological polar surface area (TPSA) is 74.0 Å². The summed E-state index contributed by atoms with van der Waals surface area (Å²) in [5.41, 5.74) is 1.98. The number of imidazole rings is 1. The number of hydrogen-bond donors (Lipinski definition) is 1. The molecule has 146 valence electrons. The molecule has 0 aliphatic heterocycles. The van der Waals surface area contributed by atoms with Gasteiger partial charge in [-0.1, -0.05) is 48.5 Å². The van der Waals surface area contributed by atoms with Gasteiger partial charge in [-0.15, -0.1) is 0 Å². The Balaban J connectivity index is 1.68. The number of benzene rings is 2. The van der Waals surface area contributed by atoms with Gasteiger partial charge in [-0.3, -0.25) is 4.79 Å². The second-order valence-electron chi connectivity index (χ2n) is 6.54. The molecule has 0 fully saturated rings. The van der Waals surface area contributed by atoms with Crippen LogP contribution < -0.4 is 10.1 Å². The summed E-state index contributed by atoms with van der Waals surface area (Å²) >= 11 is 0. The van der Waals surface area contributed by atoms with E-state index in [0.29, 0.717) is 5.75 Å². The van der Waals surface area contributed by atoms with E-state index in [9.17, 15) is 4.79 Å². The van der Waals surface area contributed by atoms with Gasteiger partial charge in [0, 0.05) is 19.4 Å². The van der Waals surface area contributed by atoms with Gasteiger partial charge in [-0.05, 0) is 17.7 Å². The van der Waals surface area contributed by atoms with Crippen LogP contribution >= 0.6 is 0 Å². The Hall–Kier alpha value is -3.87. The number of para-hydroxylation sites is 1. The van der Waals surface area contributed by atoms with Gasteiger partial charge in [-0.25, -0.2) is 9.67 Å². The number of aromatic nitrogens is 4. The maximum Gasteiger partial charge on any atom is 0.276 e. The van der Waals surface area contributed by atoms with Crippen molar-refractivity contribution in [2.24, 2.45) is 7.05 Å². The summed E-state index contributed by atoms with van der Waals surface area (Å²) < 4.78 is 8.92. The molecule has 29 heavy (non-hydrogen) atoms. The maximum atomic E-state index is 13.2. The number of amides is 1. The highest BCUT2D eigenvalue weighted by molar-refractivity contribution is 5.95. The number of nitrogens with one attached hydrogen (secondary N) is 1. The highest BCUT2D eigenvalue weighted by atomic mass is 16.5. The van der Waals surface area contributed by atoms with Gasteiger partial charge in [0.1, 0.15) is 11.9 Å². The lowest BCUT2D eigenvalue weighted by Gasteiger charge is -2.18. The lowest BCUT2D eigenvalue weighted by Crippen LogP contribution is -2.31. The molecule has 0 unspecified atom stereocenters. The molecule has 7 nitrogen and oxygen atoms in total. The molecule has 0 aliphatic rings. The quantitative estimate of drug-likeness (QED) is 0.552. The molecule has 0 spiro atoms. The summed E-state index contributed by atoms with van der Waals surface area (Å²) in [5, 5.41) is 7.51. The predicted octanol–water partition coefficient (Wildman–Crippen LogP) is 3.13. The summed E-state index contributed by atoms with van der Waals surface area (Å²) in [6.45, 7) is 0. The van der Waals surface area contributed by atoms with Gasteiger partial charge in [0.25, 0.3) is 5.91 Å². The van der Waals surface area contributed by atoms with Crippen molar-refractivity contribution in [3.05, 3.63) is 96.3 Å². The minimum Gasteiger partial charge on any atom is -0.493 e. The SMILES string of the molecule is COc1cn(-c2ccccc2)nc1C(=O)N[C@H](c1ccccc1)c1nccn1C. The highest BCUT2D eigenvalue weighted by Crippen LogP contribution is 2.24. The van der Waals surface area contributed by atoms with E-state index in [1.54, 1.807) is 17.1 Å². The summed E-state index contributed by atoms with van der Waals surface area (Å²) in [5.74, 6) is 0.789. The van der Waals surface area contributed by atoms with E-state index < -0.39 is 6.04 Å². The van der Waals surface area contributed by atoms with Crippen molar-refractivity contribution >= 4 is 5.91 Å². The Labute approximate surface area is 168 Å². The maximum absolute atomic E-state index is 13.2. The van der Waals surface area contributed by atoms with Crippen molar-refractivity contribution in [2.75, 3.05) is 7.11 Å². The zero-order valence-corrected chi connectivity index (χ0v) is 16.2. The fraction of sp³-hybridized carbons (Fsp3) is 0.136. The van der Waals surface area contributed by atoms with Gasteiger partial charge in [-0.2, -0.15) is 5.10 Å². The normalized spacial score (nSPS) is 11.8. The molecule has 1 amide bonds. The zero-order valence-electron chi connectivity index (χ0n) is 16.2. The molecule has 7 heteroatoms. The summed E-state index contributed by atoms with van der Waals surface area (Å²) in [6.07, 6.45) is 5.26. The first kappa shape index (κ1) is 18.5. The number of carbonyl (C=O) groups is 1. The Morgan fingerprint density at radius 1 is 1.07 bits per heavy atom. The molecule has 1 N–H and O–H groups in total. The second kappa shape index (κ2) is 8.02. The minimum absolute atomic E-state index is 0.214. The molecule has 0 saturated carbocycles. The predicted molar refractivity (Wildman–Crippen MR) is 109 cm³/mol. The van der Waals surface area contributed by atoms with Crippen LogP contribution in [-0.2, 0) is 7.05 Å². The molecular weight excluding hydrogens is 366 g/mol. The van der Waals surface area contributed by atoms with E-state index >= 15 is 0 Å². The van der Waals surface area contributed by atoms with Crippen LogP contribution in [0.3, 0.4) is 0 Å². The highest BCUT2D eigenvalue weighted by Gasteiger charge is 2.25. The molecule has 4 aromatic rings. The Kier molecular flexibility index (Phi) is 5.11. The first-order valence-electron chi connectivity index (χ1n) is 9.19. The van der Waals surface area contributed by atoms with E-state index in [-0.39, 0.29) is 11.6 Å². The number of aryl methyl sites for hydroxylation is 1. The molecule has 2 aromatic heterocycles. The summed E-state index contributed by atoms with van der Waals surface area (Å²) in [7, 11) is 3.42. The third-order valence-electron chi connectivity index (χ3n) is 4.66. The number of ether oxygens (including phenoxy) is 1. The molecule has 0 bridgehead atoms. The van der Waals surface area contributed by atoms with Crippen molar-refractivity contribution in [1.29, 1.82) is 0 Å². The minimum atomic E-state index is -0.421. The van der Waals surface area contributed by atoms with Crippen LogP contribution in [0.15, 0.2) is 79.3 Å². The average molecular weight is 387 g/mol. The van der Waals surface area contributed by atoms with Crippen LogP contribution in [0.2, 0.25) is 0 Å². The fourth-order valence-electron chi connectivity index (χ4n) is 3.17. The lowest BCUT2D eigenvalue weighted by molar-refractivity contribution is 0.0932. The van der Waals surface area contributed by atoms with Crippen LogP contribution in [0.25, 0.3) is 5.69 Å². The molecule has 2 heterocycles. The van der Waals surface area contributed by atoms with Gasteiger partial charge in [0.05, 0.1) is 19.0 Å². The molecule has 4 rings (SSSR count). The Morgan fingerprint density at radius 2 is 1.76 bits per heavy atom. The van der Waals surface area contributed by atoms with E-state index in [0.717, 1.165) is 17.1 Å². The first-order chi connectivity index (χ1) is 14.2. The van der Waals surface area contributed by atoms with E-state index in [1.807, 2.05) is 78.5 Å². The molecule has 0 aliphatic carbocycles. The monoisotopic (exact) mass is 387 g/mol. The standard InChI is InChI=1S/C22H21N5O2/c1-26-14-13-23-21(26)19(16-9-5-3-6-10-16)24-22(28)20-18(29-2)15-27(25-20)17-11-7-4-8-12-17/h3-15,19H,1-2H3,(H,24,28)/t19-/m1/s1. The van der Waals surface area contributed by atoms with Gasteiger partial charge < -0.3 is 14.6 Å². The molecule has 1 atom stereocenters. The lowest BCUT2D eigenvalue weighted by atomic mass is 10.1. The molecule has 2 aromatic carbocycles. The Morgan fingerprint density at radius 3 is 2.38 bits per heavy atom. The number of methoxy groups -OCH3 is 1. The third kappa shape index (κ3) is 3.75. The van der Waals surface area contributed by atoms with Crippen LogP contribution in [0.1, 0.15) is 27.9 Å². The summed E-state index contributed by atoms with van der Waals surface area (Å²) in [4.78, 5) is 17.6. The van der Waals surface area contributed by atoms with Crippen LogP contribution in [0.4, 0.5) is 0 Å². The second-order valence-corrected chi connectivity index (χ2v) is 6.54. The van der Waals surface area contributed by atoms with Crippen molar-refractivity contribution in [3.63, 3.8) is 0 Å². The van der Waals surface area contributed by atoms with Crippen molar-refractivity contribution in [2.45, 2.75) is 6.04 Å². The number of carbonyl (C=O) groups excluding carboxylic acids is 1. The van der Waals surface area contributed by atoms with Crippen molar-refractivity contribution < 1.29 is 9.53 Å². The van der Waals surface area contributed by atoms with E-state index in [4.69, 9.17) is 4.74 Å². The Bertz CT molecular complexity index is 1100. The van der Waals surface area contributed by atoms with E-state index in [1.165, 1.54) is 7.11 Å². The number of rotatable bonds is 6. The molecule has 0 radical (unpaired) electrons. The van der Waals surface area contributed by atoms with Crippen molar-refractivity contribution in [3.8, 4) is 11.4 Å². The van der Waals surface area contributed by atoms with Crippen LogP contribution in [0.5, 0.6) is 5.75 Å². The average Bonchev–Trinajstić information content (AvgIpc) is 3.39. The first-order valence-corrected chi connectivity index (χ1v) is 9.19. The number of nitrogens with zero attached hydrogens (tertiary/aromatic N) is 4. The summed E-state index contributed by atoms with van der Waals surface area (Å²) in [6, 6.07) is 18.9. The van der Waals surface area contributed by atoms with Gasteiger partial charge >= 0.3 is 0 Å². The molecule has 0 saturated heterocycles. The smallest absolute Gasteiger partial charge is 0.276 e. The van der Waals surface area contributed by atoms with Gasteiger partial charge in [0.2, 0.25) is 0 Å². The largest absolute Gasteiger partial charge is 0.493 e.